The molecule has 0 spiro atoms. The summed E-state index contributed by atoms with van der Waals surface area (Å²) in [6.07, 6.45) is 4.84. The van der Waals surface area contributed by atoms with Gasteiger partial charge in [-0.05, 0) is 24.6 Å². The predicted molar refractivity (Wildman–Crippen MR) is 77.6 cm³/mol. The molecule has 1 aromatic heterocycles. The Morgan fingerprint density at radius 2 is 2.00 bits per heavy atom. The highest BCUT2D eigenvalue weighted by Gasteiger charge is 2.06. The lowest BCUT2D eigenvalue weighted by Gasteiger charge is -2.17. The Bertz CT molecular complexity index is 518. The number of rotatable bonds is 6. The van der Waals surface area contributed by atoms with Gasteiger partial charge in [-0.3, -0.25) is 4.90 Å². The Balaban J connectivity index is 1.90. The molecule has 0 saturated carbocycles. The topological polar surface area (TPSA) is 47.1 Å². The van der Waals surface area contributed by atoms with E-state index in [1.807, 2.05) is 25.5 Å². The number of hydrogen-bond donors (Lipinski definition) is 1. The largest absolute Gasteiger partial charge is 0.337 e. The van der Waals surface area contributed by atoms with E-state index in [4.69, 9.17) is 5.73 Å². The van der Waals surface area contributed by atoms with Crippen molar-refractivity contribution in [3.05, 3.63) is 53.6 Å². The van der Waals surface area contributed by atoms with E-state index in [-0.39, 0.29) is 0 Å². The maximum atomic E-state index is 5.76. The molecule has 0 atom stereocenters. The van der Waals surface area contributed by atoms with E-state index in [9.17, 15) is 0 Å². The van der Waals surface area contributed by atoms with Crippen LogP contribution in [0.4, 0.5) is 0 Å². The van der Waals surface area contributed by atoms with Gasteiger partial charge in [0.2, 0.25) is 0 Å². The maximum Gasteiger partial charge on any atom is 0.122 e. The lowest BCUT2D eigenvalue weighted by Crippen LogP contribution is -2.23. The van der Waals surface area contributed by atoms with Gasteiger partial charge in [-0.2, -0.15) is 0 Å². The van der Waals surface area contributed by atoms with Crippen LogP contribution in [0.5, 0.6) is 0 Å². The van der Waals surface area contributed by atoms with Crippen LogP contribution in [0.2, 0.25) is 0 Å². The monoisotopic (exact) mass is 258 g/mol. The van der Waals surface area contributed by atoms with Gasteiger partial charge in [0.05, 0.1) is 6.54 Å². The van der Waals surface area contributed by atoms with Crippen LogP contribution in [-0.2, 0) is 26.6 Å². The fourth-order valence-electron chi connectivity index (χ4n) is 2.18. The summed E-state index contributed by atoms with van der Waals surface area (Å²) >= 11 is 0. The zero-order valence-corrected chi connectivity index (χ0v) is 11.7. The summed E-state index contributed by atoms with van der Waals surface area (Å²) in [7, 11) is 4.15. The van der Waals surface area contributed by atoms with Crippen molar-refractivity contribution in [2.75, 3.05) is 13.6 Å². The van der Waals surface area contributed by atoms with Gasteiger partial charge in [0.25, 0.3) is 0 Å². The van der Waals surface area contributed by atoms with E-state index in [2.05, 4.69) is 39.7 Å². The van der Waals surface area contributed by atoms with E-state index in [0.29, 0.717) is 6.54 Å². The number of aromatic nitrogens is 2. The second kappa shape index (κ2) is 6.50. The minimum absolute atomic E-state index is 0.610. The number of benzene rings is 1. The molecule has 102 valence electrons. The molecule has 0 radical (unpaired) electrons. The number of imidazole rings is 1. The summed E-state index contributed by atoms with van der Waals surface area (Å²) in [6, 6.07) is 8.39. The van der Waals surface area contributed by atoms with Crippen molar-refractivity contribution in [2.24, 2.45) is 12.8 Å². The number of aryl methyl sites for hydroxylation is 1. The van der Waals surface area contributed by atoms with E-state index in [1.165, 1.54) is 11.1 Å². The smallest absolute Gasteiger partial charge is 0.122 e. The maximum absolute atomic E-state index is 5.76. The zero-order valence-electron chi connectivity index (χ0n) is 11.7. The second-order valence-electron chi connectivity index (χ2n) is 4.91. The van der Waals surface area contributed by atoms with Gasteiger partial charge in [-0.25, -0.2) is 4.98 Å². The lowest BCUT2D eigenvalue weighted by molar-refractivity contribution is 0.318. The molecular weight excluding hydrogens is 236 g/mol. The first kappa shape index (κ1) is 13.8. The van der Waals surface area contributed by atoms with Crippen LogP contribution in [0.15, 0.2) is 36.7 Å². The van der Waals surface area contributed by atoms with Gasteiger partial charge in [0, 0.05) is 32.5 Å². The Hall–Kier alpha value is -1.65. The van der Waals surface area contributed by atoms with Crippen LogP contribution in [0.1, 0.15) is 17.0 Å². The molecule has 0 unspecified atom stereocenters. The summed E-state index contributed by atoms with van der Waals surface area (Å²) in [5.41, 5.74) is 8.35. The van der Waals surface area contributed by atoms with Crippen molar-refractivity contribution >= 4 is 0 Å². The van der Waals surface area contributed by atoms with Crippen molar-refractivity contribution in [1.29, 1.82) is 0 Å². The van der Waals surface area contributed by atoms with Crippen molar-refractivity contribution in [3.8, 4) is 0 Å². The molecule has 0 saturated heterocycles. The van der Waals surface area contributed by atoms with Crippen LogP contribution in [0, 0.1) is 0 Å². The third-order valence-electron chi connectivity index (χ3n) is 3.43. The molecule has 0 fully saturated rings. The van der Waals surface area contributed by atoms with Crippen LogP contribution in [0.3, 0.4) is 0 Å². The number of nitrogens with two attached hydrogens (primary N) is 1. The van der Waals surface area contributed by atoms with E-state index < -0.39 is 0 Å². The molecular formula is C15H22N4. The average Bonchev–Trinajstić information content (AvgIpc) is 2.82. The predicted octanol–water partition coefficient (Wildman–Crippen LogP) is 1.55. The quantitative estimate of drug-likeness (QED) is 0.855. The highest BCUT2D eigenvalue weighted by Crippen LogP contribution is 2.09. The molecule has 4 heteroatoms. The van der Waals surface area contributed by atoms with Crippen molar-refractivity contribution < 1.29 is 0 Å². The van der Waals surface area contributed by atoms with Crippen LogP contribution < -0.4 is 5.73 Å². The molecule has 0 amide bonds. The highest BCUT2D eigenvalue weighted by atomic mass is 15.1. The standard InChI is InChI=1S/C15H22N4/c1-18(12-15-17-8-10-19(15)2)9-7-13-5-3-4-6-14(13)11-16/h3-6,8,10H,7,9,11-12,16H2,1-2H3. The average molecular weight is 258 g/mol. The summed E-state index contributed by atoms with van der Waals surface area (Å²) in [4.78, 5) is 6.63. The van der Waals surface area contributed by atoms with Crippen molar-refractivity contribution in [3.63, 3.8) is 0 Å². The summed E-state index contributed by atoms with van der Waals surface area (Å²) in [6.45, 7) is 2.48. The highest BCUT2D eigenvalue weighted by molar-refractivity contribution is 5.27. The Morgan fingerprint density at radius 3 is 2.63 bits per heavy atom. The zero-order chi connectivity index (χ0) is 13.7. The van der Waals surface area contributed by atoms with Crippen molar-refractivity contribution in [1.82, 2.24) is 14.5 Å². The van der Waals surface area contributed by atoms with Crippen LogP contribution in [0.25, 0.3) is 0 Å². The minimum Gasteiger partial charge on any atom is -0.337 e. The van der Waals surface area contributed by atoms with Gasteiger partial charge in [-0.15, -0.1) is 0 Å². The molecule has 0 aliphatic heterocycles. The minimum atomic E-state index is 0.610. The molecule has 0 aliphatic rings. The fraction of sp³-hybridized carbons (Fsp3) is 0.400. The lowest BCUT2D eigenvalue weighted by atomic mass is 10.0. The summed E-state index contributed by atoms with van der Waals surface area (Å²) in [5, 5.41) is 0. The molecule has 1 aromatic carbocycles. The van der Waals surface area contributed by atoms with Gasteiger partial charge >= 0.3 is 0 Å². The van der Waals surface area contributed by atoms with E-state index in [1.54, 1.807) is 0 Å². The molecule has 2 rings (SSSR count). The molecule has 4 nitrogen and oxygen atoms in total. The third kappa shape index (κ3) is 3.66. The molecule has 19 heavy (non-hydrogen) atoms. The van der Waals surface area contributed by atoms with Gasteiger partial charge < -0.3 is 10.3 Å². The fourth-order valence-corrected chi connectivity index (χ4v) is 2.18. The first-order chi connectivity index (χ1) is 9.20. The van der Waals surface area contributed by atoms with Gasteiger partial charge in [0.15, 0.2) is 0 Å². The Labute approximate surface area is 114 Å². The van der Waals surface area contributed by atoms with E-state index in [0.717, 1.165) is 25.3 Å². The summed E-state index contributed by atoms with van der Waals surface area (Å²) in [5.74, 6) is 1.09. The molecule has 0 aliphatic carbocycles. The normalized spacial score (nSPS) is 11.2. The Kier molecular flexibility index (Phi) is 4.71. The van der Waals surface area contributed by atoms with Crippen LogP contribution in [-0.4, -0.2) is 28.0 Å². The molecule has 1 heterocycles. The SMILES string of the molecule is CN(CCc1ccccc1CN)Cc1nccn1C. The Morgan fingerprint density at radius 1 is 1.26 bits per heavy atom. The third-order valence-corrected chi connectivity index (χ3v) is 3.43. The second-order valence-corrected chi connectivity index (χ2v) is 4.91. The number of hydrogen-bond acceptors (Lipinski definition) is 3. The van der Waals surface area contributed by atoms with Gasteiger partial charge in [0.1, 0.15) is 5.82 Å². The number of likely N-dealkylation sites (N-methyl/N-ethyl adjacent to an activating group) is 1. The van der Waals surface area contributed by atoms with Crippen LogP contribution >= 0.6 is 0 Å². The molecule has 0 bridgehead atoms. The number of nitrogens with zero attached hydrogens (tertiary/aromatic N) is 3. The van der Waals surface area contributed by atoms with E-state index >= 15 is 0 Å². The van der Waals surface area contributed by atoms with Crippen molar-refractivity contribution in [2.45, 2.75) is 19.5 Å². The molecule has 2 aromatic rings. The summed E-state index contributed by atoms with van der Waals surface area (Å²) < 4.78 is 2.06. The first-order valence-corrected chi connectivity index (χ1v) is 6.62. The van der Waals surface area contributed by atoms with Gasteiger partial charge in [-0.1, -0.05) is 24.3 Å². The molecule has 2 N–H and O–H groups in total. The first-order valence-electron chi connectivity index (χ1n) is 6.62.